The molecule has 4 heterocycles. The number of hydrogen-bond acceptors (Lipinski definition) is 8. The van der Waals surface area contributed by atoms with Crippen molar-refractivity contribution < 1.29 is 14.1 Å². The third kappa shape index (κ3) is 3.48. The number of nitrogens with zero attached hydrogens (tertiary/aromatic N) is 5. The molecule has 1 unspecified atom stereocenters. The van der Waals surface area contributed by atoms with Crippen molar-refractivity contribution in [2.45, 2.75) is 19.0 Å². The van der Waals surface area contributed by atoms with Crippen molar-refractivity contribution in [2.24, 2.45) is 5.10 Å². The van der Waals surface area contributed by atoms with Crippen LogP contribution in [-0.2, 0) is 11.3 Å². The minimum Gasteiger partial charge on any atom is -0.463 e. The first kappa shape index (κ1) is 19.8. The van der Waals surface area contributed by atoms with Gasteiger partial charge in [0.1, 0.15) is 18.0 Å². The zero-order valence-corrected chi connectivity index (χ0v) is 17.3. The topological polar surface area (TPSA) is 124 Å². The van der Waals surface area contributed by atoms with Crippen LogP contribution in [0.5, 0.6) is 0 Å². The number of non-ortho nitro benzene ring substituents is 1. The van der Waals surface area contributed by atoms with Crippen LogP contribution >= 0.6 is 11.3 Å². The summed E-state index contributed by atoms with van der Waals surface area (Å²) in [5.41, 5.74) is 0.209. The molecule has 4 aromatic rings. The van der Waals surface area contributed by atoms with E-state index in [9.17, 15) is 19.7 Å². The number of rotatable bonds is 5. The maximum atomic E-state index is 13.2. The van der Waals surface area contributed by atoms with Crippen LogP contribution in [0, 0.1) is 10.1 Å². The molecule has 0 bridgehead atoms. The highest BCUT2D eigenvalue weighted by atomic mass is 32.1. The van der Waals surface area contributed by atoms with E-state index < -0.39 is 16.4 Å². The van der Waals surface area contributed by atoms with Crippen molar-refractivity contribution in [1.82, 2.24) is 14.6 Å². The normalized spacial score (nSPS) is 15.8. The van der Waals surface area contributed by atoms with Crippen molar-refractivity contribution in [2.75, 3.05) is 0 Å². The van der Waals surface area contributed by atoms with E-state index in [0.29, 0.717) is 23.4 Å². The third-order valence-corrected chi connectivity index (χ3v) is 6.14. The number of thiophene rings is 1. The number of carbonyl (C=O) groups is 1. The van der Waals surface area contributed by atoms with Crippen LogP contribution in [0.15, 0.2) is 74.7 Å². The predicted octanol–water partition coefficient (Wildman–Crippen LogP) is 3.34. The highest BCUT2D eigenvalue weighted by Crippen LogP contribution is 2.35. The van der Waals surface area contributed by atoms with E-state index in [4.69, 9.17) is 4.42 Å². The first-order valence-electron chi connectivity index (χ1n) is 9.61. The average Bonchev–Trinajstić information content (AvgIpc) is 3.55. The summed E-state index contributed by atoms with van der Waals surface area (Å²) in [4.78, 5) is 41.7. The van der Waals surface area contributed by atoms with Gasteiger partial charge in [0.2, 0.25) is 0 Å². The van der Waals surface area contributed by atoms with Gasteiger partial charge in [0.05, 0.1) is 34.5 Å². The number of furan rings is 1. The fourth-order valence-electron chi connectivity index (χ4n) is 3.63. The van der Waals surface area contributed by atoms with Crippen LogP contribution in [0.25, 0.3) is 10.9 Å². The standard InChI is InChI=1S/C21H15N5O5S/c27-20(11-24-12-22-15-6-5-13(26(29)30)9-14(15)21(24)28)25-17(19-4-2-8-32-19)10-16(23-25)18-3-1-7-31-18/h1-9,12,17H,10-11H2. The minimum absolute atomic E-state index is 0.0745. The molecule has 1 aromatic carbocycles. The SMILES string of the molecule is O=C(Cn1cnc2ccc([N+](=O)[O-])cc2c1=O)N1N=C(c2ccco2)CC1c1cccs1. The highest BCUT2D eigenvalue weighted by molar-refractivity contribution is 7.10. The number of hydrazone groups is 1. The molecule has 0 spiro atoms. The third-order valence-electron chi connectivity index (χ3n) is 5.17. The van der Waals surface area contributed by atoms with Crippen molar-refractivity contribution in [1.29, 1.82) is 0 Å². The lowest BCUT2D eigenvalue weighted by molar-refractivity contribution is -0.384. The maximum Gasteiger partial charge on any atom is 0.270 e. The summed E-state index contributed by atoms with van der Waals surface area (Å²) >= 11 is 1.51. The van der Waals surface area contributed by atoms with E-state index in [2.05, 4.69) is 10.1 Å². The molecule has 160 valence electrons. The molecule has 0 fully saturated rings. The number of amides is 1. The van der Waals surface area contributed by atoms with Gasteiger partial charge in [0, 0.05) is 23.4 Å². The van der Waals surface area contributed by atoms with Crippen molar-refractivity contribution in [3.05, 3.63) is 91.5 Å². The van der Waals surface area contributed by atoms with Crippen LogP contribution < -0.4 is 5.56 Å². The Bertz CT molecular complexity index is 1410. The van der Waals surface area contributed by atoms with Crippen LogP contribution in [0.3, 0.4) is 0 Å². The average molecular weight is 449 g/mol. The van der Waals surface area contributed by atoms with Crippen LogP contribution in [0.2, 0.25) is 0 Å². The van der Waals surface area contributed by atoms with E-state index in [0.717, 1.165) is 9.44 Å². The summed E-state index contributed by atoms with van der Waals surface area (Å²) in [6.07, 6.45) is 3.29. The van der Waals surface area contributed by atoms with Crippen LogP contribution in [0.1, 0.15) is 23.1 Å². The van der Waals surface area contributed by atoms with Crippen molar-refractivity contribution >= 4 is 39.5 Å². The zero-order valence-electron chi connectivity index (χ0n) is 16.5. The summed E-state index contributed by atoms with van der Waals surface area (Å²) < 4.78 is 6.58. The quantitative estimate of drug-likeness (QED) is 0.340. The Morgan fingerprint density at radius 2 is 2.16 bits per heavy atom. The highest BCUT2D eigenvalue weighted by Gasteiger charge is 2.34. The van der Waals surface area contributed by atoms with E-state index in [-0.39, 0.29) is 23.7 Å². The molecule has 0 radical (unpaired) electrons. The van der Waals surface area contributed by atoms with Crippen molar-refractivity contribution in [3.63, 3.8) is 0 Å². The predicted molar refractivity (Wildman–Crippen MR) is 116 cm³/mol. The molecular formula is C21H15N5O5S. The zero-order chi connectivity index (χ0) is 22.2. The van der Waals surface area contributed by atoms with Gasteiger partial charge >= 0.3 is 0 Å². The van der Waals surface area contributed by atoms with Gasteiger partial charge in [-0.05, 0) is 29.6 Å². The lowest BCUT2D eigenvalue weighted by Crippen LogP contribution is -2.33. The fraction of sp³-hybridized carbons (Fsp3) is 0.143. The second-order valence-electron chi connectivity index (χ2n) is 7.13. The van der Waals surface area contributed by atoms with Gasteiger partial charge in [-0.2, -0.15) is 5.10 Å². The fourth-order valence-corrected chi connectivity index (χ4v) is 4.44. The molecule has 1 aliphatic heterocycles. The molecule has 1 amide bonds. The Labute approximate surface area is 184 Å². The Morgan fingerprint density at radius 1 is 1.28 bits per heavy atom. The molecule has 0 saturated carbocycles. The molecule has 0 N–H and O–H groups in total. The largest absolute Gasteiger partial charge is 0.463 e. The lowest BCUT2D eigenvalue weighted by Gasteiger charge is -2.21. The molecule has 11 heteroatoms. The summed E-state index contributed by atoms with van der Waals surface area (Å²) in [7, 11) is 0. The molecule has 10 nitrogen and oxygen atoms in total. The van der Waals surface area contributed by atoms with Crippen molar-refractivity contribution in [3.8, 4) is 0 Å². The van der Waals surface area contributed by atoms with E-state index >= 15 is 0 Å². The van der Waals surface area contributed by atoms with Crippen LogP contribution in [0.4, 0.5) is 5.69 Å². The summed E-state index contributed by atoms with van der Waals surface area (Å²) in [5, 5.41) is 18.9. The van der Waals surface area contributed by atoms with Gasteiger partial charge in [-0.3, -0.25) is 24.3 Å². The number of nitro benzene ring substituents is 1. The minimum atomic E-state index is -0.581. The molecule has 0 aliphatic carbocycles. The monoisotopic (exact) mass is 449 g/mol. The Balaban J connectivity index is 1.48. The first-order valence-corrected chi connectivity index (χ1v) is 10.5. The molecule has 3 aromatic heterocycles. The Morgan fingerprint density at radius 3 is 2.88 bits per heavy atom. The van der Waals surface area contributed by atoms with Gasteiger partial charge in [-0.25, -0.2) is 9.99 Å². The molecule has 1 aliphatic rings. The Hall–Kier alpha value is -4.12. The number of carbonyl (C=O) groups excluding carboxylic acids is 1. The number of benzene rings is 1. The number of fused-ring (bicyclic) bond motifs is 1. The Kier molecular flexibility index (Phi) is 4.86. The number of hydrogen-bond donors (Lipinski definition) is 0. The first-order chi connectivity index (χ1) is 15.5. The van der Waals surface area contributed by atoms with Crippen LogP contribution in [-0.4, -0.2) is 31.1 Å². The van der Waals surface area contributed by atoms with E-state index in [1.54, 1.807) is 18.4 Å². The molecular weight excluding hydrogens is 434 g/mol. The van der Waals surface area contributed by atoms with Gasteiger partial charge in [0.25, 0.3) is 17.2 Å². The second kappa shape index (κ2) is 7.85. The number of nitro groups is 1. The van der Waals surface area contributed by atoms with Gasteiger partial charge < -0.3 is 4.42 Å². The summed E-state index contributed by atoms with van der Waals surface area (Å²) in [5.74, 6) is 0.178. The van der Waals surface area contributed by atoms with E-state index in [1.165, 1.54) is 40.9 Å². The maximum absolute atomic E-state index is 13.2. The molecule has 1 atom stereocenters. The molecule has 32 heavy (non-hydrogen) atoms. The van der Waals surface area contributed by atoms with Gasteiger partial charge in [0.15, 0.2) is 0 Å². The van der Waals surface area contributed by atoms with Gasteiger partial charge in [-0.1, -0.05) is 6.07 Å². The summed E-state index contributed by atoms with van der Waals surface area (Å²) in [6, 6.07) is 10.9. The summed E-state index contributed by atoms with van der Waals surface area (Å²) in [6.45, 7) is -0.304. The number of aromatic nitrogens is 2. The smallest absolute Gasteiger partial charge is 0.270 e. The van der Waals surface area contributed by atoms with E-state index in [1.807, 2.05) is 17.5 Å². The second-order valence-corrected chi connectivity index (χ2v) is 8.11. The molecule has 0 saturated heterocycles. The molecule has 5 rings (SSSR count). The lowest BCUT2D eigenvalue weighted by atomic mass is 10.1. The van der Waals surface area contributed by atoms with Gasteiger partial charge in [-0.15, -0.1) is 11.3 Å².